The van der Waals surface area contributed by atoms with Crippen molar-refractivity contribution in [1.29, 1.82) is 0 Å². The summed E-state index contributed by atoms with van der Waals surface area (Å²) in [5.41, 5.74) is 1.07. The van der Waals surface area contributed by atoms with Gasteiger partial charge in [-0.1, -0.05) is 36.4 Å². The summed E-state index contributed by atoms with van der Waals surface area (Å²) in [7, 11) is 3.23. The number of benzene rings is 4. The normalized spacial score (nSPS) is 10.6. The molecule has 2 aromatic heterocycles. The summed E-state index contributed by atoms with van der Waals surface area (Å²) in [6.07, 6.45) is 0. The lowest BCUT2D eigenvalue weighted by Crippen LogP contribution is -1.99. The van der Waals surface area contributed by atoms with Crippen LogP contribution in [0.4, 0.5) is 0 Å². The van der Waals surface area contributed by atoms with Crippen LogP contribution in [0.3, 0.4) is 0 Å². The van der Waals surface area contributed by atoms with E-state index in [2.05, 4.69) is 0 Å². The lowest BCUT2D eigenvalue weighted by Gasteiger charge is -2.04. The zero-order chi connectivity index (χ0) is 26.5. The molecule has 2 heterocycles. The molecule has 0 fully saturated rings. The Kier molecular flexibility index (Phi) is 7.04. The molecule has 6 nitrogen and oxygen atoms in total. The Balaban J connectivity index is 0.000000155. The van der Waals surface area contributed by atoms with Gasteiger partial charge in [0.2, 0.25) is 0 Å². The van der Waals surface area contributed by atoms with Crippen LogP contribution in [0.15, 0.2) is 128 Å². The van der Waals surface area contributed by atoms with Crippen LogP contribution in [0, 0.1) is 0 Å². The molecule has 6 aromatic rings. The number of rotatable bonds is 4. The highest BCUT2D eigenvalue weighted by molar-refractivity contribution is 5.85. The van der Waals surface area contributed by atoms with E-state index in [0.717, 1.165) is 33.4 Å². The second-order valence-corrected chi connectivity index (χ2v) is 8.43. The average Bonchev–Trinajstić information content (AvgIpc) is 2.97. The highest BCUT2D eigenvalue weighted by Crippen LogP contribution is 2.25. The fraction of sp³-hybridized carbons (Fsp3) is 0.0625. The first kappa shape index (κ1) is 24.6. The van der Waals surface area contributed by atoms with Gasteiger partial charge in [0.05, 0.1) is 25.0 Å². The Morgan fingerprint density at radius 3 is 1.24 bits per heavy atom. The summed E-state index contributed by atoms with van der Waals surface area (Å²) >= 11 is 0. The topological polar surface area (TPSA) is 78.9 Å². The molecule has 0 aliphatic rings. The molecule has 0 aliphatic heterocycles. The van der Waals surface area contributed by atoms with Crippen molar-refractivity contribution in [3.8, 4) is 34.1 Å². The van der Waals surface area contributed by atoms with Crippen LogP contribution in [-0.2, 0) is 0 Å². The average molecular weight is 505 g/mol. The Morgan fingerprint density at radius 2 is 0.868 bits per heavy atom. The lowest BCUT2D eigenvalue weighted by atomic mass is 10.1. The molecule has 6 rings (SSSR count). The minimum Gasteiger partial charge on any atom is -0.497 e. The van der Waals surface area contributed by atoms with Crippen molar-refractivity contribution < 1.29 is 18.3 Å². The van der Waals surface area contributed by atoms with Crippen LogP contribution in [0.5, 0.6) is 11.5 Å². The Labute approximate surface area is 218 Å². The van der Waals surface area contributed by atoms with Gasteiger partial charge in [-0.05, 0) is 83.6 Å². The zero-order valence-electron chi connectivity index (χ0n) is 20.8. The third-order valence-corrected chi connectivity index (χ3v) is 6.09. The lowest BCUT2D eigenvalue weighted by molar-refractivity contribution is 0.414. The monoisotopic (exact) mass is 504 g/mol. The second kappa shape index (κ2) is 10.9. The third-order valence-electron chi connectivity index (χ3n) is 6.09. The van der Waals surface area contributed by atoms with E-state index in [0.29, 0.717) is 22.3 Å². The van der Waals surface area contributed by atoms with Crippen molar-refractivity contribution in [1.82, 2.24) is 0 Å². The van der Waals surface area contributed by atoms with E-state index in [4.69, 9.17) is 18.3 Å². The van der Waals surface area contributed by atoms with Crippen molar-refractivity contribution in [2.45, 2.75) is 0 Å². The van der Waals surface area contributed by atoms with E-state index < -0.39 is 0 Å². The predicted molar refractivity (Wildman–Crippen MR) is 149 cm³/mol. The third kappa shape index (κ3) is 5.20. The van der Waals surface area contributed by atoms with E-state index in [-0.39, 0.29) is 11.3 Å². The number of hydrogen-bond donors (Lipinski definition) is 0. The van der Waals surface area contributed by atoms with Crippen LogP contribution in [0.2, 0.25) is 0 Å². The van der Waals surface area contributed by atoms with Gasteiger partial charge in [-0.3, -0.25) is 0 Å². The fourth-order valence-electron chi connectivity index (χ4n) is 4.06. The van der Waals surface area contributed by atoms with Crippen molar-refractivity contribution >= 4 is 21.5 Å². The molecule has 188 valence electrons. The minimum absolute atomic E-state index is 0.316. The molecule has 4 aromatic carbocycles. The molecule has 0 atom stereocenters. The smallest absolute Gasteiger partial charge is 0.344 e. The molecular formula is C32H24O6. The maximum atomic E-state index is 11.9. The molecule has 0 aliphatic carbocycles. The molecule has 0 radical (unpaired) electrons. The van der Waals surface area contributed by atoms with Crippen molar-refractivity contribution in [2.24, 2.45) is 0 Å². The standard InChI is InChI=1S/2C16H12O3/c2*1-18-13-8-6-11(7-9-13)15-10-12-4-2-3-5-14(12)16(17)19-15/h2*2-10H,1H3. The van der Waals surface area contributed by atoms with E-state index in [9.17, 15) is 9.59 Å². The van der Waals surface area contributed by atoms with Gasteiger partial charge in [0.1, 0.15) is 23.0 Å². The van der Waals surface area contributed by atoms with Crippen LogP contribution < -0.4 is 20.7 Å². The molecule has 0 saturated heterocycles. The SMILES string of the molecule is COc1ccc(-c2cc3ccccc3c(=O)o2)cc1.COc1ccc(-c2cc3ccccc3c(=O)o2)cc1. The van der Waals surface area contributed by atoms with E-state index in [1.54, 1.807) is 26.4 Å². The molecule has 6 heteroatoms. The van der Waals surface area contributed by atoms with Crippen molar-refractivity contribution in [3.63, 3.8) is 0 Å². The molecule has 0 N–H and O–H groups in total. The molecule has 0 unspecified atom stereocenters. The number of methoxy groups -OCH3 is 2. The number of fused-ring (bicyclic) bond motifs is 2. The molecule has 0 spiro atoms. The first-order valence-electron chi connectivity index (χ1n) is 11.9. The molecule has 0 bridgehead atoms. The van der Waals surface area contributed by atoms with Crippen LogP contribution in [0.25, 0.3) is 44.2 Å². The molecule has 38 heavy (non-hydrogen) atoms. The Morgan fingerprint density at radius 1 is 0.500 bits per heavy atom. The summed E-state index contributed by atoms with van der Waals surface area (Å²) in [6, 6.07) is 33.4. The number of hydrogen-bond acceptors (Lipinski definition) is 6. The fourth-order valence-corrected chi connectivity index (χ4v) is 4.06. The maximum absolute atomic E-state index is 11.9. The Bertz CT molecular complexity index is 1680. The van der Waals surface area contributed by atoms with Crippen LogP contribution in [0.1, 0.15) is 0 Å². The first-order chi connectivity index (χ1) is 18.6. The van der Waals surface area contributed by atoms with Gasteiger partial charge < -0.3 is 18.3 Å². The predicted octanol–water partition coefficient (Wildman–Crippen LogP) is 6.94. The van der Waals surface area contributed by atoms with Crippen LogP contribution in [-0.4, -0.2) is 14.2 Å². The van der Waals surface area contributed by atoms with Gasteiger partial charge >= 0.3 is 11.3 Å². The maximum Gasteiger partial charge on any atom is 0.344 e. The molecule has 0 amide bonds. The van der Waals surface area contributed by atoms with Crippen molar-refractivity contribution in [2.75, 3.05) is 14.2 Å². The summed E-state index contributed by atoms with van der Waals surface area (Å²) < 4.78 is 20.9. The summed E-state index contributed by atoms with van der Waals surface area (Å²) in [5, 5.41) is 2.95. The van der Waals surface area contributed by atoms with E-state index in [1.807, 2.05) is 97.1 Å². The summed E-state index contributed by atoms with van der Waals surface area (Å²) in [5.74, 6) is 2.66. The minimum atomic E-state index is -0.316. The first-order valence-corrected chi connectivity index (χ1v) is 11.9. The molecule has 0 saturated carbocycles. The van der Waals surface area contributed by atoms with Gasteiger partial charge in [-0.15, -0.1) is 0 Å². The van der Waals surface area contributed by atoms with Gasteiger partial charge in [0, 0.05) is 11.1 Å². The van der Waals surface area contributed by atoms with Gasteiger partial charge in [0.25, 0.3) is 0 Å². The van der Waals surface area contributed by atoms with Gasteiger partial charge in [0.15, 0.2) is 0 Å². The number of ether oxygens (including phenoxy) is 2. The summed E-state index contributed by atoms with van der Waals surface area (Å²) in [4.78, 5) is 23.8. The largest absolute Gasteiger partial charge is 0.497 e. The highest BCUT2D eigenvalue weighted by Gasteiger charge is 2.07. The highest BCUT2D eigenvalue weighted by atomic mass is 16.5. The van der Waals surface area contributed by atoms with Gasteiger partial charge in [-0.25, -0.2) is 9.59 Å². The van der Waals surface area contributed by atoms with E-state index >= 15 is 0 Å². The summed E-state index contributed by atoms with van der Waals surface area (Å²) in [6.45, 7) is 0. The second-order valence-electron chi connectivity index (χ2n) is 8.43. The van der Waals surface area contributed by atoms with Crippen LogP contribution >= 0.6 is 0 Å². The van der Waals surface area contributed by atoms with Crippen molar-refractivity contribution in [3.05, 3.63) is 130 Å². The Hall–Kier alpha value is -5.10. The molecular weight excluding hydrogens is 480 g/mol. The van der Waals surface area contributed by atoms with E-state index in [1.165, 1.54) is 0 Å². The quantitative estimate of drug-likeness (QED) is 0.259. The van der Waals surface area contributed by atoms with Gasteiger partial charge in [-0.2, -0.15) is 0 Å². The zero-order valence-corrected chi connectivity index (χ0v) is 20.8.